The molecule has 2 aromatic heterocycles. The van der Waals surface area contributed by atoms with Gasteiger partial charge in [-0.2, -0.15) is 0 Å². The minimum absolute atomic E-state index is 0.345. The molecule has 0 fully saturated rings. The Morgan fingerprint density at radius 1 is 0.842 bits per heavy atom. The molecule has 0 N–H and O–H groups in total. The van der Waals surface area contributed by atoms with E-state index in [1.165, 1.54) is 6.07 Å². The maximum Gasteiger partial charge on any atom is 0.336 e. The van der Waals surface area contributed by atoms with E-state index in [-0.39, 0.29) is 5.63 Å². The molecular weight excluding hydrogens is 240 g/mol. The van der Waals surface area contributed by atoms with Crippen LogP contribution in [-0.2, 0) is 0 Å². The molecule has 0 aliphatic rings. The van der Waals surface area contributed by atoms with Crippen LogP contribution in [-0.4, -0.2) is 0 Å². The summed E-state index contributed by atoms with van der Waals surface area (Å²) in [5.41, 5.74) is 2.89. The van der Waals surface area contributed by atoms with E-state index in [1.54, 1.807) is 12.1 Å². The summed E-state index contributed by atoms with van der Waals surface area (Å²) in [5.74, 6) is 0. The average molecular weight is 250 g/mol. The van der Waals surface area contributed by atoms with E-state index in [1.807, 2.05) is 31.2 Å². The molecule has 2 aromatic carbocycles. The van der Waals surface area contributed by atoms with Crippen LogP contribution in [0.4, 0.5) is 0 Å². The number of hydrogen-bond donors (Lipinski definition) is 0. The van der Waals surface area contributed by atoms with Crippen LogP contribution < -0.4 is 5.63 Å². The highest BCUT2D eigenvalue weighted by Gasteiger charge is 2.13. The van der Waals surface area contributed by atoms with Crippen molar-refractivity contribution in [1.29, 1.82) is 0 Å². The van der Waals surface area contributed by atoms with Crippen molar-refractivity contribution in [3.63, 3.8) is 0 Å². The fraction of sp³-hybridized carbons (Fsp3) is 0.0625. The summed E-state index contributed by atoms with van der Waals surface area (Å²) in [6.45, 7) is 2.02. The van der Waals surface area contributed by atoms with Crippen molar-refractivity contribution in [2.75, 3.05) is 0 Å². The number of rotatable bonds is 0. The highest BCUT2D eigenvalue weighted by molar-refractivity contribution is 6.11. The Balaban J connectivity index is 2.33. The van der Waals surface area contributed by atoms with Gasteiger partial charge in [0.05, 0.1) is 0 Å². The van der Waals surface area contributed by atoms with Crippen LogP contribution in [0.1, 0.15) is 5.56 Å². The molecule has 4 aromatic rings. The summed E-state index contributed by atoms with van der Waals surface area (Å²) < 4.78 is 11.1. The first kappa shape index (κ1) is 10.4. The van der Waals surface area contributed by atoms with Crippen molar-refractivity contribution in [3.8, 4) is 0 Å². The Labute approximate surface area is 108 Å². The van der Waals surface area contributed by atoms with Gasteiger partial charge in [-0.3, -0.25) is 0 Å². The predicted octanol–water partition coefficient (Wildman–Crippen LogP) is 4.00. The van der Waals surface area contributed by atoms with E-state index in [2.05, 4.69) is 0 Å². The molecule has 0 atom stereocenters. The van der Waals surface area contributed by atoms with Crippen molar-refractivity contribution in [1.82, 2.24) is 0 Å². The zero-order valence-corrected chi connectivity index (χ0v) is 10.3. The zero-order valence-electron chi connectivity index (χ0n) is 10.3. The fourth-order valence-corrected chi connectivity index (χ4v) is 2.65. The second-order valence-corrected chi connectivity index (χ2v) is 4.64. The molecule has 0 bridgehead atoms. The molecule has 2 heterocycles. The third-order valence-corrected chi connectivity index (χ3v) is 3.53. The van der Waals surface area contributed by atoms with Crippen molar-refractivity contribution >= 4 is 32.9 Å². The lowest BCUT2D eigenvalue weighted by atomic mass is 10.0. The Morgan fingerprint density at radius 3 is 2.58 bits per heavy atom. The summed E-state index contributed by atoms with van der Waals surface area (Å²) >= 11 is 0. The van der Waals surface area contributed by atoms with Gasteiger partial charge in [0.2, 0.25) is 0 Å². The molecule has 92 valence electrons. The maximum atomic E-state index is 11.3. The van der Waals surface area contributed by atoms with Crippen LogP contribution in [0.3, 0.4) is 0 Å². The van der Waals surface area contributed by atoms with Gasteiger partial charge in [0.1, 0.15) is 16.7 Å². The molecule has 0 spiro atoms. The minimum Gasteiger partial charge on any atom is -0.456 e. The second kappa shape index (κ2) is 3.48. The molecule has 4 rings (SSSR count). The Hall–Kier alpha value is -2.55. The maximum absolute atomic E-state index is 11.3. The van der Waals surface area contributed by atoms with Gasteiger partial charge in [-0.05, 0) is 24.6 Å². The van der Waals surface area contributed by atoms with Crippen molar-refractivity contribution < 1.29 is 8.83 Å². The largest absolute Gasteiger partial charge is 0.456 e. The second-order valence-electron chi connectivity index (χ2n) is 4.64. The Bertz CT molecular complexity index is 989. The summed E-state index contributed by atoms with van der Waals surface area (Å²) in [5, 5.41) is 3.11. The smallest absolute Gasteiger partial charge is 0.336 e. The lowest BCUT2D eigenvalue weighted by molar-refractivity contribution is 0.560. The van der Waals surface area contributed by atoms with E-state index in [0.717, 1.165) is 32.9 Å². The number of fused-ring (bicyclic) bond motifs is 4. The Morgan fingerprint density at radius 2 is 1.68 bits per heavy atom. The molecule has 19 heavy (non-hydrogen) atoms. The van der Waals surface area contributed by atoms with Crippen LogP contribution >= 0.6 is 0 Å². The molecule has 0 amide bonds. The van der Waals surface area contributed by atoms with Gasteiger partial charge in [-0.15, -0.1) is 0 Å². The first-order chi connectivity index (χ1) is 9.24. The zero-order chi connectivity index (χ0) is 13.0. The first-order valence-corrected chi connectivity index (χ1v) is 6.09. The molecule has 0 saturated heterocycles. The quantitative estimate of drug-likeness (QED) is 0.443. The summed E-state index contributed by atoms with van der Waals surface area (Å²) in [7, 11) is 0. The van der Waals surface area contributed by atoms with Gasteiger partial charge in [-0.1, -0.05) is 18.2 Å². The van der Waals surface area contributed by atoms with Gasteiger partial charge < -0.3 is 8.83 Å². The minimum atomic E-state index is -0.345. The summed E-state index contributed by atoms with van der Waals surface area (Å²) in [6.07, 6.45) is 0. The molecule has 3 nitrogen and oxygen atoms in total. The molecule has 0 unspecified atom stereocenters. The first-order valence-electron chi connectivity index (χ1n) is 6.09. The predicted molar refractivity (Wildman–Crippen MR) is 74.5 cm³/mol. The Kier molecular flexibility index (Phi) is 1.90. The van der Waals surface area contributed by atoms with Gasteiger partial charge in [0, 0.05) is 28.3 Å². The number of hydrogen-bond acceptors (Lipinski definition) is 3. The van der Waals surface area contributed by atoms with Crippen LogP contribution in [0.2, 0.25) is 0 Å². The number of aryl methyl sites for hydroxylation is 1. The summed E-state index contributed by atoms with van der Waals surface area (Å²) in [4.78, 5) is 11.3. The normalized spacial score (nSPS) is 11.6. The van der Waals surface area contributed by atoms with Crippen LogP contribution in [0.5, 0.6) is 0 Å². The standard InChI is InChI=1S/C16H10O3/c1-9-10-6-7-15(17)19-13(10)8-14-16(9)11-4-2-3-5-12(11)18-14/h2-8H,1H3. The molecule has 0 aliphatic carbocycles. The SMILES string of the molecule is Cc1c2ccc(=O)oc2cc2oc3ccccc3c12. The van der Waals surface area contributed by atoms with Crippen molar-refractivity contribution in [3.05, 3.63) is 58.4 Å². The van der Waals surface area contributed by atoms with Crippen LogP contribution in [0.25, 0.3) is 32.9 Å². The highest BCUT2D eigenvalue weighted by atomic mass is 16.4. The van der Waals surface area contributed by atoms with Gasteiger partial charge in [0.25, 0.3) is 0 Å². The monoisotopic (exact) mass is 250 g/mol. The van der Waals surface area contributed by atoms with E-state index in [0.29, 0.717) is 5.58 Å². The van der Waals surface area contributed by atoms with Gasteiger partial charge >= 0.3 is 5.63 Å². The van der Waals surface area contributed by atoms with E-state index < -0.39 is 0 Å². The third kappa shape index (κ3) is 1.35. The third-order valence-electron chi connectivity index (χ3n) is 3.53. The lowest BCUT2D eigenvalue weighted by Gasteiger charge is -2.01. The van der Waals surface area contributed by atoms with E-state index >= 15 is 0 Å². The average Bonchev–Trinajstić information content (AvgIpc) is 2.76. The number of furan rings is 1. The van der Waals surface area contributed by atoms with E-state index in [9.17, 15) is 4.79 Å². The lowest BCUT2D eigenvalue weighted by Crippen LogP contribution is -1.95. The molecule has 0 saturated carbocycles. The highest BCUT2D eigenvalue weighted by Crippen LogP contribution is 2.34. The van der Waals surface area contributed by atoms with Crippen LogP contribution in [0, 0.1) is 6.92 Å². The topological polar surface area (TPSA) is 43.4 Å². The van der Waals surface area contributed by atoms with Crippen molar-refractivity contribution in [2.45, 2.75) is 6.92 Å². The van der Waals surface area contributed by atoms with Crippen LogP contribution in [0.15, 0.2) is 56.1 Å². The van der Waals surface area contributed by atoms with Gasteiger partial charge in [-0.25, -0.2) is 4.79 Å². The molecule has 0 aliphatic heterocycles. The molecule has 3 heteroatoms. The van der Waals surface area contributed by atoms with Gasteiger partial charge in [0.15, 0.2) is 0 Å². The van der Waals surface area contributed by atoms with Crippen molar-refractivity contribution in [2.24, 2.45) is 0 Å². The van der Waals surface area contributed by atoms with E-state index in [4.69, 9.17) is 8.83 Å². The summed E-state index contributed by atoms with van der Waals surface area (Å²) in [6, 6.07) is 13.0. The number of benzene rings is 2. The fourth-order valence-electron chi connectivity index (χ4n) is 2.65. The number of para-hydroxylation sites is 1. The molecular formula is C16H10O3. The molecule has 0 radical (unpaired) electrons.